The van der Waals surface area contributed by atoms with Gasteiger partial charge in [-0.2, -0.15) is 0 Å². The second-order valence-electron chi connectivity index (χ2n) is 6.75. The number of nitrogens with one attached hydrogen (secondary N) is 2. The number of nitrogens with zero attached hydrogens (tertiary/aromatic N) is 1. The van der Waals surface area contributed by atoms with E-state index < -0.39 is 0 Å². The highest BCUT2D eigenvalue weighted by Gasteiger charge is 2.25. The zero-order valence-corrected chi connectivity index (χ0v) is 16.3. The molecule has 1 heterocycles. The van der Waals surface area contributed by atoms with Crippen LogP contribution >= 0.6 is 0 Å². The Hall–Kier alpha value is -2.96. The first-order valence-corrected chi connectivity index (χ1v) is 9.50. The van der Waals surface area contributed by atoms with E-state index in [4.69, 9.17) is 14.2 Å². The molecule has 1 aromatic heterocycles. The van der Waals surface area contributed by atoms with E-state index >= 15 is 0 Å². The van der Waals surface area contributed by atoms with Crippen molar-refractivity contribution in [3.63, 3.8) is 0 Å². The van der Waals surface area contributed by atoms with Crippen LogP contribution in [-0.2, 0) is 4.79 Å². The number of anilines is 1. The fourth-order valence-electron chi connectivity index (χ4n) is 3.38. The summed E-state index contributed by atoms with van der Waals surface area (Å²) in [6.45, 7) is 0.239. The summed E-state index contributed by atoms with van der Waals surface area (Å²) in [6, 6.07) is 9.51. The molecule has 1 fully saturated rings. The molecule has 7 nitrogen and oxygen atoms in total. The molecule has 28 heavy (non-hydrogen) atoms. The van der Waals surface area contributed by atoms with Crippen LogP contribution in [0.2, 0.25) is 0 Å². The average molecular weight is 385 g/mol. The van der Waals surface area contributed by atoms with Gasteiger partial charge in [-0.05, 0) is 49.9 Å². The third-order valence-corrected chi connectivity index (χ3v) is 4.81. The number of hydrogen-bond donors (Lipinski definition) is 2. The standard InChI is InChI=1S/C21H27N3O4/c1-26-18-6-3-7-19(21(18)27-2)28-17-10-8-15(9-11-17)24-20(25)14-23-16-5-4-12-22-13-16/h3-7,12-13,15,17,23H,8-11,14H2,1-2H3,(H,24,25). The molecule has 3 rings (SSSR count). The van der Waals surface area contributed by atoms with Crippen molar-refractivity contribution in [3.05, 3.63) is 42.7 Å². The molecule has 0 spiro atoms. The molecule has 0 radical (unpaired) electrons. The van der Waals surface area contributed by atoms with Crippen LogP contribution in [-0.4, -0.2) is 43.8 Å². The lowest BCUT2D eigenvalue weighted by Gasteiger charge is -2.30. The van der Waals surface area contributed by atoms with Crippen LogP contribution < -0.4 is 24.8 Å². The third-order valence-electron chi connectivity index (χ3n) is 4.81. The van der Waals surface area contributed by atoms with Crippen molar-refractivity contribution >= 4 is 11.6 Å². The maximum absolute atomic E-state index is 12.2. The normalized spacial score (nSPS) is 18.8. The summed E-state index contributed by atoms with van der Waals surface area (Å²) in [7, 11) is 3.22. The Balaban J connectivity index is 1.44. The van der Waals surface area contributed by atoms with E-state index in [0.717, 1.165) is 31.4 Å². The van der Waals surface area contributed by atoms with Gasteiger partial charge in [-0.3, -0.25) is 9.78 Å². The summed E-state index contributed by atoms with van der Waals surface area (Å²) < 4.78 is 16.9. The van der Waals surface area contributed by atoms with Crippen molar-refractivity contribution in [2.24, 2.45) is 0 Å². The smallest absolute Gasteiger partial charge is 0.239 e. The number of aromatic nitrogens is 1. The molecule has 1 amide bonds. The number of pyridine rings is 1. The molecule has 0 aliphatic heterocycles. The molecule has 2 N–H and O–H groups in total. The number of ether oxygens (including phenoxy) is 3. The van der Waals surface area contributed by atoms with E-state index in [1.165, 1.54) is 0 Å². The Morgan fingerprint density at radius 2 is 1.86 bits per heavy atom. The Morgan fingerprint density at radius 1 is 1.07 bits per heavy atom. The lowest BCUT2D eigenvalue weighted by molar-refractivity contribution is -0.120. The number of carbonyl (C=O) groups is 1. The number of amides is 1. The van der Waals surface area contributed by atoms with Crippen LogP contribution in [0, 0.1) is 0 Å². The van der Waals surface area contributed by atoms with Crippen LogP contribution in [0.4, 0.5) is 5.69 Å². The number of hydrogen-bond acceptors (Lipinski definition) is 6. The first-order valence-electron chi connectivity index (χ1n) is 9.50. The van der Waals surface area contributed by atoms with Gasteiger partial charge in [0, 0.05) is 18.4 Å². The first kappa shape index (κ1) is 19.8. The Morgan fingerprint density at radius 3 is 2.54 bits per heavy atom. The third kappa shape index (κ3) is 5.28. The van der Waals surface area contributed by atoms with Crippen LogP contribution in [0.5, 0.6) is 17.2 Å². The van der Waals surface area contributed by atoms with Crippen LogP contribution in [0.3, 0.4) is 0 Å². The number of para-hydroxylation sites is 1. The fourth-order valence-corrected chi connectivity index (χ4v) is 3.38. The van der Waals surface area contributed by atoms with Crippen molar-refractivity contribution in [2.45, 2.75) is 37.8 Å². The van der Waals surface area contributed by atoms with Gasteiger partial charge in [0.25, 0.3) is 0 Å². The summed E-state index contributed by atoms with van der Waals surface area (Å²) in [5, 5.41) is 6.17. The van der Waals surface area contributed by atoms with Crippen molar-refractivity contribution in [1.82, 2.24) is 10.3 Å². The summed E-state index contributed by atoms with van der Waals surface area (Å²) in [4.78, 5) is 16.2. The fraction of sp³-hybridized carbons (Fsp3) is 0.429. The van der Waals surface area contributed by atoms with Crippen LogP contribution in [0.1, 0.15) is 25.7 Å². The first-order chi connectivity index (χ1) is 13.7. The van der Waals surface area contributed by atoms with Crippen molar-refractivity contribution < 1.29 is 19.0 Å². The highest BCUT2D eigenvalue weighted by Crippen LogP contribution is 2.38. The summed E-state index contributed by atoms with van der Waals surface area (Å²) in [5.41, 5.74) is 0.835. The molecule has 0 saturated heterocycles. The summed E-state index contributed by atoms with van der Waals surface area (Å²) >= 11 is 0. The highest BCUT2D eigenvalue weighted by atomic mass is 16.5. The molecule has 0 bridgehead atoms. The molecule has 7 heteroatoms. The molecular weight excluding hydrogens is 358 g/mol. The second kappa shape index (κ2) is 9.82. The van der Waals surface area contributed by atoms with Crippen LogP contribution in [0.15, 0.2) is 42.7 Å². The molecule has 0 unspecified atom stereocenters. The molecule has 1 aromatic carbocycles. The second-order valence-corrected chi connectivity index (χ2v) is 6.75. The topological polar surface area (TPSA) is 81.7 Å². The number of benzene rings is 1. The summed E-state index contributed by atoms with van der Waals surface area (Å²) in [5.74, 6) is 1.95. The Bertz CT molecular complexity index is 762. The van der Waals surface area contributed by atoms with Gasteiger partial charge >= 0.3 is 0 Å². The predicted octanol–water partition coefficient (Wildman–Crippen LogP) is 3.02. The quantitative estimate of drug-likeness (QED) is 0.727. The predicted molar refractivity (Wildman–Crippen MR) is 107 cm³/mol. The van der Waals surface area contributed by atoms with E-state index in [0.29, 0.717) is 17.2 Å². The molecule has 1 aliphatic rings. The molecular formula is C21H27N3O4. The van der Waals surface area contributed by atoms with Gasteiger partial charge in [-0.15, -0.1) is 0 Å². The number of methoxy groups -OCH3 is 2. The molecule has 1 aliphatic carbocycles. The maximum atomic E-state index is 12.2. The molecule has 2 aromatic rings. The van der Waals surface area contributed by atoms with E-state index in [-0.39, 0.29) is 24.6 Å². The molecule has 150 valence electrons. The van der Waals surface area contributed by atoms with Crippen molar-refractivity contribution in [2.75, 3.05) is 26.1 Å². The van der Waals surface area contributed by atoms with Gasteiger partial charge in [0.15, 0.2) is 11.5 Å². The van der Waals surface area contributed by atoms with Gasteiger partial charge < -0.3 is 24.8 Å². The lowest BCUT2D eigenvalue weighted by atomic mass is 9.93. The molecule has 1 saturated carbocycles. The van der Waals surface area contributed by atoms with Crippen LogP contribution in [0.25, 0.3) is 0 Å². The Kier molecular flexibility index (Phi) is 6.94. The van der Waals surface area contributed by atoms with Gasteiger partial charge in [-0.1, -0.05) is 6.07 Å². The average Bonchev–Trinajstić information content (AvgIpc) is 2.74. The Labute approximate surface area is 165 Å². The number of carbonyl (C=O) groups excluding carboxylic acids is 1. The SMILES string of the molecule is COc1cccc(OC2CCC(NC(=O)CNc3cccnc3)CC2)c1OC. The number of rotatable bonds is 8. The minimum absolute atomic E-state index is 0.0114. The van der Waals surface area contributed by atoms with Gasteiger partial charge in [0.1, 0.15) is 0 Å². The van der Waals surface area contributed by atoms with Crippen molar-refractivity contribution in [3.8, 4) is 17.2 Å². The van der Waals surface area contributed by atoms with E-state index in [2.05, 4.69) is 15.6 Å². The summed E-state index contributed by atoms with van der Waals surface area (Å²) in [6.07, 6.45) is 7.02. The monoisotopic (exact) mass is 385 g/mol. The van der Waals surface area contributed by atoms with Gasteiger partial charge in [-0.25, -0.2) is 0 Å². The van der Waals surface area contributed by atoms with E-state index in [1.54, 1.807) is 26.6 Å². The zero-order valence-electron chi connectivity index (χ0n) is 16.3. The minimum atomic E-state index is -0.0114. The highest BCUT2D eigenvalue weighted by molar-refractivity contribution is 5.80. The van der Waals surface area contributed by atoms with Gasteiger partial charge in [0.05, 0.1) is 32.6 Å². The minimum Gasteiger partial charge on any atom is -0.493 e. The maximum Gasteiger partial charge on any atom is 0.239 e. The lowest BCUT2D eigenvalue weighted by Crippen LogP contribution is -2.42. The van der Waals surface area contributed by atoms with E-state index in [1.807, 2.05) is 30.3 Å². The largest absolute Gasteiger partial charge is 0.493 e. The van der Waals surface area contributed by atoms with Gasteiger partial charge in [0.2, 0.25) is 11.7 Å². The van der Waals surface area contributed by atoms with E-state index in [9.17, 15) is 4.79 Å². The zero-order chi connectivity index (χ0) is 19.8. The molecule has 0 atom stereocenters. The van der Waals surface area contributed by atoms with Crippen molar-refractivity contribution in [1.29, 1.82) is 0 Å².